The largest absolute Gasteiger partial charge is 0.463 e. The van der Waals surface area contributed by atoms with Gasteiger partial charge in [-0.15, -0.1) is 0 Å². The molecule has 2 aromatic rings. The van der Waals surface area contributed by atoms with Gasteiger partial charge in [0.2, 0.25) is 0 Å². The molecule has 0 amide bonds. The van der Waals surface area contributed by atoms with Crippen LogP contribution in [-0.4, -0.2) is 48.6 Å². The predicted octanol–water partition coefficient (Wildman–Crippen LogP) is 4.39. The Balaban J connectivity index is 1.94. The molecule has 0 aliphatic carbocycles. The normalized spacial score (nSPS) is 21.4. The fraction of sp³-hybridized carbons (Fsp3) is 0.407. The van der Waals surface area contributed by atoms with Crippen LogP contribution in [0.1, 0.15) is 67.3 Å². The lowest BCUT2D eigenvalue weighted by Gasteiger charge is -2.40. The van der Waals surface area contributed by atoms with Gasteiger partial charge in [-0.3, -0.25) is 19.2 Å². The number of Topliss-reactive ketones (excluding diaryl/α,β-unsaturated/α-hetero) is 1. The molecule has 0 radical (unpaired) electrons. The van der Waals surface area contributed by atoms with Crippen LogP contribution in [0.4, 0.5) is 0 Å². The van der Waals surface area contributed by atoms with Gasteiger partial charge < -0.3 is 18.9 Å². The molecule has 0 aromatic heterocycles. The summed E-state index contributed by atoms with van der Waals surface area (Å²) in [6, 6.07) is 12.6. The third-order valence-corrected chi connectivity index (χ3v) is 6.11. The summed E-state index contributed by atoms with van der Waals surface area (Å²) >= 11 is 6.49. The van der Waals surface area contributed by atoms with Gasteiger partial charge in [-0.1, -0.05) is 48.0 Å². The van der Waals surface area contributed by atoms with E-state index in [1.165, 1.54) is 27.7 Å². The molecule has 1 fully saturated rings. The van der Waals surface area contributed by atoms with E-state index >= 15 is 0 Å². The van der Waals surface area contributed by atoms with Crippen LogP contribution in [0, 0.1) is 0 Å². The quantitative estimate of drug-likeness (QED) is 0.289. The van der Waals surface area contributed by atoms with Crippen molar-refractivity contribution in [2.75, 3.05) is 6.61 Å². The number of carbonyl (C=O) groups is 4. The summed E-state index contributed by atoms with van der Waals surface area (Å²) in [5, 5.41) is 0.530. The summed E-state index contributed by atoms with van der Waals surface area (Å²) < 4.78 is 22.4. The lowest BCUT2D eigenvalue weighted by Crippen LogP contribution is -2.49. The molecule has 0 bridgehead atoms. The molecule has 4 atom stereocenters. The van der Waals surface area contributed by atoms with Gasteiger partial charge in [0, 0.05) is 37.8 Å². The van der Waals surface area contributed by atoms with Crippen LogP contribution >= 0.6 is 11.6 Å². The summed E-state index contributed by atoms with van der Waals surface area (Å²) in [6.07, 6.45) is -2.44. The van der Waals surface area contributed by atoms with Gasteiger partial charge in [-0.2, -0.15) is 0 Å². The standard InChI is InChI=1S/C27H29ClO8/c1-15(29)20-7-5-19(6-8-20)11-22-12-21(9-10-24(22)28)26-27(35-18(4)32)25(34-17(3)31)13-23(36-26)14-33-16(2)30/h5-10,12,23,25-27H,11,13-14H2,1-4H3/t23-,25-,26-,27+/m0/s1. The highest BCUT2D eigenvalue weighted by Gasteiger charge is 2.44. The number of halogens is 1. The maximum absolute atomic E-state index is 11.9. The number of carbonyl (C=O) groups excluding carboxylic acids is 4. The minimum absolute atomic E-state index is 0.0156. The molecule has 8 nitrogen and oxygen atoms in total. The van der Waals surface area contributed by atoms with Crippen LogP contribution in [0.15, 0.2) is 42.5 Å². The van der Waals surface area contributed by atoms with Crippen LogP contribution in [-0.2, 0) is 39.8 Å². The molecule has 9 heteroatoms. The SMILES string of the molecule is CC(=O)OC[C@@H]1C[C@H](OC(C)=O)[C@@H](OC(C)=O)[C@H](c2ccc(Cl)c(Cc3ccc(C(C)=O)cc3)c2)O1. The van der Waals surface area contributed by atoms with E-state index in [4.69, 9.17) is 30.5 Å². The Bertz CT molecular complexity index is 1130. The minimum Gasteiger partial charge on any atom is -0.463 e. The minimum atomic E-state index is -0.913. The van der Waals surface area contributed by atoms with Gasteiger partial charge >= 0.3 is 17.9 Å². The zero-order valence-corrected chi connectivity index (χ0v) is 21.4. The van der Waals surface area contributed by atoms with Crippen molar-refractivity contribution in [2.24, 2.45) is 0 Å². The van der Waals surface area contributed by atoms with Crippen LogP contribution < -0.4 is 0 Å². The monoisotopic (exact) mass is 516 g/mol. The van der Waals surface area contributed by atoms with Crippen molar-refractivity contribution in [2.45, 2.75) is 65.0 Å². The van der Waals surface area contributed by atoms with Gasteiger partial charge in [0.1, 0.15) is 18.8 Å². The molecule has 0 N–H and O–H groups in total. The Morgan fingerprint density at radius 2 is 1.58 bits per heavy atom. The summed E-state index contributed by atoms with van der Waals surface area (Å²) in [5.74, 6) is -1.57. The van der Waals surface area contributed by atoms with Crippen LogP contribution in [0.5, 0.6) is 0 Å². The maximum Gasteiger partial charge on any atom is 0.303 e. The van der Waals surface area contributed by atoms with E-state index in [2.05, 4.69) is 0 Å². The number of rotatable bonds is 8. The number of ether oxygens (including phenoxy) is 4. The molecule has 2 aromatic carbocycles. The zero-order chi connectivity index (χ0) is 26.4. The lowest BCUT2D eigenvalue weighted by atomic mass is 9.91. The summed E-state index contributed by atoms with van der Waals surface area (Å²) in [7, 11) is 0. The molecular weight excluding hydrogens is 488 g/mol. The van der Waals surface area contributed by atoms with Gasteiger partial charge in [-0.25, -0.2) is 0 Å². The van der Waals surface area contributed by atoms with E-state index < -0.39 is 42.3 Å². The lowest BCUT2D eigenvalue weighted by molar-refractivity contribution is -0.214. The molecule has 0 saturated carbocycles. The average molecular weight is 517 g/mol. The molecule has 192 valence electrons. The molecular formula is C27H29ClO8. The Kier molecular flexibility index (Phi) is 9.23. The Morgan fingerprint density at radius 3 is 2.17 bits per heavy atom. The van der Waals surface area contributed by atoms with Gasteiger partial charge in [-0.05, 0) is 36.1 Å². The second kappa shape index (κ2) is 12.1. The molecule has 0 spiro atoms. The summed E-state index contributed by atoms with van der Waals surface area (Å²) in [4.78, 5) is 46.6. The fourth-order valence-electron chi connectivity index (χ4n) is 4.16. The maximum atomic E-state index is 11.9. The zero-order valence-electron chi connectivity index (χ0n) is 20.6. The third-order valence-electron chi connectivity index (χ3n) is 5.74. The Hall–Kier alpha value is -3.23. The first-order valence-corrected chi connectivity index (χ1v) is 11.9. The number of benzene rings is 2. The van der Waals surface area contributed by atoms with Crippen molar-refractivity contribution in [3.63, 3.8) is 0 Å². The molecule has 36 heavy (non-hydrogen) atoms. The second-order valence-corrected chi connectivity index (χ2v) is 9.13. The van der Waals surface area contributed by atoms with Gasteiger partial charge in [0.15, 0.2) is 11.9 Å². The number of ketones is 1. The van der Waals surface area contributed by atoms with E-state index in [0.717, 1.165) is 11.1 Å². The fourth-order valence-corrected chi connectivity index (χ4v) is 4.34. The van der Waals surface area contributed by atoms with E-state index in [1.807, 2.05) is 18.2 Å². The highest BCUT2D eigenvalue weighted by molar-refractivity contribution is 6.31. The van der Waals surface area contributed by atoms with Crippen molar-refractivity contribution in [3.8, 4) is 0 Å². The number of hydrogen-bond acceptors (Lipinski definition) is 8. The molecule has 1 heterocycles. The van der Waals surface area contributed by atoms with Crippen molar-refractivity contribution in [1.82, 2.24) is 0 Å². The molecule has 1 aliphatic rings. The van der Waals surface area contributed by atoms with Gasteiger partial charge in [0.05, 0.1) is 6.10 Å². The molecule has 1 saturated heterocycles. The van der Waals surface area contributed by atoms with Gasteiger partial charge in [0.25, 0.3) is 0 Å². The molecule has 3 rings (SSSR count). The van der Waals surface area contributed by atoms with E-state index in [9.17, 15) is 19.2 Å². The average Bonchev–Trinajstić information content (AvgIpc) is 2.80. The number of hydrogen-bond donors (Lipinski definition) is 0. The van der Waals surface area contributed by atoms with Crippen molar-refractivity contribution in [3.05, 3.63) is 69.7 Å². The smallest absolute Gasteiger partial charge is 0.303 e. The highest BCUT2D eigenvalue weighted by atomic mass is 35.5. The third kappa shape index (κ3) is 7.38. The van der Waals surface area contributed by atoms with Crippen molar-refractivity contribution < 1.29 is 38.1 Å². The first-order chi connectivity index (χ1) is 17.0. The van der Waals surface area contributed by atoms with Crippen molar-refractivity contribution in [1.29, 1.82) is 0 Å². The van der Waals surface area contributed by atoms with Crippen LogP contribution in [0.2, 0.25) is 5.02 Å². The topological polar surface area (TPSA) is 105 Å². The first kappa shape index (κ1) is 27.4. The highest BCUT2D eigenvalue weighted by Crippen LogP contribution is 2.37. The first-order valence-electron chi connectivity index (χ1n) is 11.5. The summed E-state index contributed by atoms with van der Waals surface area (Å²) in [5.41, 5.74) is 3.02. The molecule has 1 aliphatic heterocycles. The van der Waals surface area contributed by atoms with E-state index in [-0.39, 0.29) is 18.8 Å². The molecule has 0 unspecified atom stereocenters. The predicted molar refractivity (Wildman–Crippen MR) is 131 cm³/mol. The van der Waals surface area contributed by atoms with Crippen LogP contribution in [0.25, 0.3) is 0 Å². The number of esters is 3. The van der Waals surface area contributed by atoms with Crippen molar-refractivity contribution >= 4 is 35.3 Å². The second-order valence-electron chi connectivity index (χ2n) is 8.72. The Labute approximate surface area is 214 Å². The Morgan fingerprint density at radius 1 is 0.917 bits per heavy atom. The van der Waals surface area contributed by atoms with E-state index in [1.54, 1.807) is 24.3 Å². The van der Waals surface area contributed by atoms with Crippen LogP contribution in [0.3, 0.4) is 0 Å². The van der Waals surface area contributed by atoms with E-state index in [0.29, 0.717) is 22.6 Å². The summed E-state index contributed by atoms with van der Waals surface area (Å²) in [6.45, 7) is 5.30.